The van der Waals surface area contributed by atoms with Crippen molar-refractivity contribution >= 4 is 11.5 Å². The highest BCUT2D eigenvalue weighted by Crippen LogP contribution is 2.41. The maximum Gasteiger partial charge on any atom is 0.416 e. The molecule has 4 aliphatic heterocycles. The third kappa shape index (κ3) is 6.76. The number of rotatable bonds is 3. The highest BCUT2D eigenvalue weighted by atomic mass is 19.4. The molecule has 2 aromatic rings. The van der Waals surface area contributed by atoms with E-state index in [-0.39, 0.29) is 30.3 Å². The summed E-state index contributed by atoms with van der Waals surface area (Å²) in [5.41, 5.74) is 7.66. The second-order valence-electron chi connectivity index (χ2n) is 11.2. The molecule has 0 saturated carbocycles. The van der Waals surface area contributed by atoms with Crippen molar-refractivity contribution in [3.8, 4) is 6.01 Å². The van der Waals surface area contributed by atoms with E-state index >= 15 is 0 Å². The molecule has 8 nitrogen and oxygen atoms in total. The van der Waals surface area contributed by atoms with Crippen LogP contribution in [0.25, 0.3) is 0 Å². The number of aromatic nitrogens is 2. The van der Waals surface area contributed by atoms with Crippen LogP contribution in [0.5, 0.6) is 6.01 Å². The van der Waals surface area contributed by atoms with Crippen molar-refractivity contribution in [2.75, 3.05) is 57.1 Å². The topological polar surface area (TPSA) is 86.0 Å². The van der Waals surface area contributed by atoms with E-state index in [1.165, 1.54) is 38.6 Å². The molecule has 0 spiro atoms. The molecule has 0 radical (unpaired) electrons. The minimum Gasteiger partial charge on any atom is -0.467 e. The lowest BCUT2D eigenvalue weighted by molar-refractivity contribution is -0.139. The first-order chi connectivity index (χ1) is 19.7. The van der Waals surface area contributed by atoms with Crippen molar-refractivity contribution in [1.82, 2.24) is 14.9 Å². The lowest BCUT2D eigenvalue weighted by Crippen LogP contribution is -2.32. The monoisotopic (exact) mass is 579 g/mol. The van der Waals surface area contributed by atoms with Gasteiger partial charge in [-0.15, -0.1) is 0 Å². The Morgan fingerprint density at radius 3 is 2.73 bits per heavy atom. The predicted molar refractivity (Wildman–Crippen MR) is 146 cm³/mol. The molecule has 12 heteroatoms. The van der Waals surface area contributed by atoms with E-state index in [1.807, 2.05) is 0 Å². The minimum absolute atomic E-state index is 0.00840. The third-order valence-electron chi connectivity index (χ3n) is 8.07. The highest BCUT2D eigenvalue weighted by Gasteiger charge is 2.38. The summed E-state index contributed by atoms with van der Waals surface area (Å²) in [5.74, 6) is 0.985. The molecule has 3 unspecified atom stereocenters. The van der Waals surface area contributed by atoms with Crippen molar-refractivity contribution in [3.63, 3.8) is 0 Å². The van der Waals surface area contributed by atoms with Gasteiger partial charge in [-0.1, -0.05) is 6.92 Å². The lowest BCUT2D eigenvalue weighted by Gasteiger charge is -2.31. The number of nitrogen functional groups attached to an aromatic ring is 1. The van der Waals surface area contributed by atoms with E-state index in [9.17, 15) is 17.6 Å². The number of halogens is 4. The van der Waals surface area contributed by atoms with E-state index in [2.05, 4.69) is 26.7 Å². The average Bonchev–Trinajstić information content (AvgIpc) is 3.49. The largest absolute Gasteiger partial charge is 0.467 e. The standard InChI is InChI=1S/C21H25F3N4O3.C8H12FN/c1-12-9-28(5-6-30-10-12)19-15-11-31-18(8-17(15)26-20(27-19)29-2)14-7-13(25)3-4-16(14)21(22,23)24;9-5-7-4-8-2-1-3-10(8)6-7/h3-4,7,12,18H,5-6,8-11,25H2,1-2H3;5,8H,1-4,6H2/b;7-5-. The van der Waals surface area contributed by atoms with Gasteiger partial charge in [-0.2, -0.15) is 23.1 Å². The quantitative estimate of drug-likeness (QED) is 0.398. The number of ether oxygens (including phenoxy) is 3. The summed E-state index contributed by atoms with van der Waals surface area (Å²) in [6, 6.07) is 4.42. The van der Waals surface area contributed by atoms with Gasteiger partial charge in [0.2, 0.25) is 0 Å². The van der Waals surface area contributed by atoms with Crippen LogP contribution in [-0.2, 0) is 28.7 Å². The number of hydrogen-bond acceptors (Lipinski definition) is 8. The number of benzene rings is 1. The fourth-order valence-electron chi connectivity index (χ4n) is 6.10. The van der Waals surface area contributed by atoms with Gasteiger partial charge >= 0.3 is 12.2 Å². The molecular weight excluding hydrogens is 542 g/mol. The lowest BCUT2D eigenvalue weighted by atomic mass is 9.94. The molecule has 6 rings (SSSR count). The van der Waals surface area contributed by atoms with Crippen LogP contribution in [0.3, 0.4) is 0 Å². The van der Waals surface area contributed by atoms with Crippen LogP contribution >= 0.6 is 0 Å². The van der Waals surface area contributed by atoms with Gasteiger partial charge in [-0.3, -0.25) is 4.90 Å². The molecule has 3 fully saturated rings. The second kappa shape index (κ2) is 12.5. The molecule has 0 amide bonds. The predicted octanol–water partition coefficient (Wildman–Crippen LogP) is 5.08. The summed E-state index contributed by atoms with van der Waals surface area (Å²) in [6.45, 7) is 6.87. The SMILES string of the molecule is COc1nc2c(c(N3CCOCC(C)C3)n1)COC(c1cc(N)ccc1C(F)(F)F)C2.F/C=C1/CC2CCCN2C1. The smallest absolute Gasteiger partial charge is 0.416 e. The van der Waals surface area contributed by atoms with Gasteiger partial charge in [0.25, 0.3) is 0 Å². The van der Waals surface area contributed by atoms with Crippen LogP contribution < -0.4 is 15.4 Å². The van der Waals surface area contributed by atoms with Crippen LogP contribution in [0, 0.1) is 5.92 Å². The molecule has 4 aliphatic rings. The van der Waals surface area contributed by atoms with Crippen LogP contribution in [0.15, 0.2) is 30.1 Å². The Balaban J connectivity index is 0.000000282. The Hall–Kier alpha value is -2.96. The Kier molecular flexibility index (Phi) is 9.00. The van der Waals surface area contributed by atoms with Crippen LogP contribution in [0.4, 0.5) is 29.1 Å². The number of nitrogens with zero attached hydrogens (tertiary/aromatic N) is 4. The third-order valence-corrected chi connectivity index (χ3v) is 8.07. The molecule has 3 atom stereocenters. The summed E-state index contributed by atoms with van der Waals surface area (Å²) in [4.78, 5) is 13.4. The van der Waals surface area contributed by atoms with Gasteiger partial charge < -0.3 is 24.8 Å². The summed E-state index contributed by atoms with van der Waals surface area (Å²) >= 11 is 0. The van der Waals surface area contributed by atoms with Gasteiger partial charge in [0.1, 0.15) is 5.82 Å². The minimum atomic E-state index is -4.51. The molecule has 41 heavy (non-hydrogen) atoms. The fraction of sp³-hybridized carbons (Fsp3) is 0.586. The normalized spacial score (nSPS) is 25.8. The Morgan fingerprint density at radius 2 is 2.00 bits per heavy atom. The number of anilines is 2. The maximum absolute atomic E-state index is 13.6. The zero-order chi connectivity index (χ0) is 29.1. The molecule has 5 heterocycles. The highest BCUT2D eigenvalue weighted by molar-refractivity contribution is 5.52. The fourth-order valence-corrected chi connectivity index (χ4v) is 6.10. The molecule has 224 valence electrons. The molecule has 3 saturated heterocycles. The summed E-state index contributed by atoms with van der Waals surface area (Å²) in [7, 11) is 1.47. The molecular formula is C29H37F4N5O3. The molecule has 2 N–H and O–H groups in total. The van der Waals surface area contributed by atoms with Gasteiger partial charge in [0.05, 0.1) is 50.6 Å². The zero-order valence-electron chi connectivity index (χ0n) is 23.4. The molecule has 0 bridgehead atoms. The van der Waals surface area contributed by atoms with Crippen LogP contribution in [0.1, 0.15) is 54.7 Å². The second-order valence-corrected chi connectivity index (χ2v) is 11.2. The number of hydrogen-bond donors (Lipinski definition) is 1. The van der Waals surface area contributed by atoms with Crippen molar-refractivity contribution in [3.05, 3.63) is 52.5 Å². The van der Waals surface area contributed by atoms with Crippen LogP contribution in [-0.4, -0.2) is 67.4 Å². The number of nitrogens with two attached hydrogens (primary N) is 1. The number of alkyl halides is 3. The first-order valence-electron chi connectivity index (χ1n) is 14.0. The van der Waals surface area contributed by atoms with Crippen molar-refractivity contribution in [2.45, 2.75) is 57.5 Å². The van der Waals surface area contributed by atoms with Crippen LogP contribution in [0.2, 0.25) is 0 Å². The molecule has 1 aromatic carbocycles. The first kappa shape index (κ1) is 29.5. The van der Waals surface area contributed by atoms with E-state index in [1.54, 1.807) is 0 Å². The van der Waals surface area contributed by atoms with Crippen molar-refractivity contribution in [2.24, 2.45) is 5.92 Å². The van der Waals surface area contributed by atoms with Gasteiger partial charge in [-0.05, 0) is 61.1 Å². The average molecular weight is 580 g/mol. The van der Waals surface area contributed by atoms with Gasteiger partial charge in [0.15, 0.2) is 0 Å². The Bertz CT molecular complexity index is 1240. The molecule has 0 aliphatic carbocycles. The first-order valence-corrected chi connectivity index (χ1v) is 14.0. The molecule has 1 aromatic heterocycles. The van der Waals surface area contributed by atoms with Crippen molar-refractivity contribution in [1.29, 1.82) is 0 Å². The van der Waals surface area contributed by atoms with E-state index in [0.717, 1.165) is 43.0 Å². The summed E-state index contributed by atoms with van der Waals surface area (Å²) < 4.78 is 69.6. The number of fused-ring (bicyclic) bond motifs is 2. The summed E-state index contributed by atoms with van der Waals surface area (Å²) in [5, 5.41) is 0. The summed E-state index contributed by atoms with van der Waals surface area (Å²) in [6.07, 6.45) is -0.820. The van der Waals surface area contributed by atoms with E-state index < -0.39 is 17.8 Å². The zero-order valence-corrected chi connectivity index (χ0v) is 23.4. The number of methoxy groups -OCH3 is 1. The Morgan fingerprint density at radius 1 is 1.17 bits per heavy atom. The Labute approximate surface area is 237 Å². The van der Waals surface area contributed by atoms with E-state index in [4.69, 9.17) is 19.9 Å². The van der Waals surface area contributed by atoms with Crippen molar-refractivity contribution < 1.29 is 31.8 Å². The van der Waals surface area contributed by atoms with Gasteiger partial charge in [-0.25, -0.2) is 4.39 Å². The van der Waals surface area contributed by atoms with E-state index in [0.29, 0.717) is 43.2 Å². The van der Waals surface area contributed by atoms with Gasteiger partial charge in [0, 0.05) is 43.3 Å². The maximum atomic E-state index is 13.6.